The largest absolute Gasteiger partial charge is 0.477 e. The number of aromatic amines is 1. The van der Waals surface area contributed by atoms with Gasteiger partial charge in [-0.1, -0.05) is 18.2 Å². The van der Waals surface area contributed by atoms with Crippen molar-refractivity contribution in [1.82, 2.24) is 20.2 Å². The topological polar surface area (TPSA) is 125 Å². The Balaban J connectivity index is 1.41. The number of carboxylic acid groups (broad SMARTS) is 1. The fraction of sp³-hybridized carbons (Fsp3) is 0.143. The minimum Gasteiger partial charge on any atom is -0.477 e. The van der Waals surface area contributed by atoms with Crippen molar-refractivity contribution < 1.29 is 19.4 Å². The zero-order valence-electron chi connectivity index (χ0n) is 20.3. The van der Waals surface area contributed by atoms with Crippen LogP contribution in [0.3, 0.4) is 0 Å². The first kappa shape index (κ1) is 23.4. The van der Waals surface area contributed by atoms with Gasteiger partial charge in [0, 0.05) is 29.7 Å². The summed E-state index contributed by atoms with van der Waals surface area (Å²) in [6, 6.07) is 22.3. The molecule has 0 saturated carbocycles. The molecule has 3 N–H and O–H groups in total. The second-order valence-electron chi connectivity index (χ2n) is 8.74. The average Bonchev–Trinajstić information content (AvgIpc) is 3.42. The van der Waals surface area contributed by atoms with Crippen LogP contribution in [0.25, 0.3) is 22.2 Å². The number of fused-ring (bicyclic) bond motifs is 1. The van der Waals surface area contributed by atoms with Gasteiger partial charge in [0.1, 0.15) is 17.1 Å². The van der Waals surface area contributed by atoms with E-state index in [0.717, 1.165) is 10.9 Å². The summed E-state index contributed by atoms with van der Waals surface area (Å²) in [5.74, 6) is 0.849. The Kier molecular flexibility index (Phi) is 6.29. The Bertz CT molecular complexity index is 1580. The zero-order chi connectivity index (χ0) is 25.9. The maximum atomic E-state index is 12.6. The van der Waals surface area contributed by atoms with Crippen LogP contribution in [0, 0.1) is 0 Å². The van der Waals surface area contributed by atoms with Gasteiger partial charge in [0.05, 0.1) is 30.6 Å². The Morgan fingerprint density at radius 3 is 2.50 bits per heavy atom. The van der Waals surface area contributed by atoms with E-state index in [4.69, 9.17) is 14.5 Å². The summed E-state index contributed by atoms with van der Waals surface area (Å²) in [4.78, 5) is 24.0. The Morgan fingerprint density at radius 2 is 1.74 bits per heavy atom. The molecule has 0 bridgehead atoms. The first-order valence-electron chi connectivity index (χ1n) is 12.2. The molecule has 1 aliphatic rings. The van der Waals surface area contributed by atoms with Gasteiger partial charge in [-0.3, -0.25) is 5.10 Å². The number of para-hydroxylation sites is 1. The highest BCUT2D eigenvalue weighted by atomic mass is 16.5. The molecule has 0 unspecified atom stereocenters. The Labute approximate surface area is 217 Å². The number of aromatic nitrogens is 4. The van der Waals surface area contributed by atoms with Crippen LogP contribution in [0.1, 0.15) is 10.4 Å². The number of hydrogen-bond acceptors (Lipinski definition) is 8. The third kappa shape index (κ3) is 4.84. The molecule has 3 heterocycles. The van der Waals surface area contributed by atoms with Crippen molar-refractivity contribution in [1.29, 1.82) is 0 Å². The molecule has 0 atom stereocenters. The van der Waals surface area contributed by atoms with Gasteiger partial charge in [0.25, 0.3) is 0 Å². The molecule has 2 aromatic heterocycles. The third-order valence-electron chi connectivity index (χ3n) is 6.21. The molecule has 10 heteroatoms. The van der Waals surface area contributed by atoms with Gasteiger partial charge in [-0.2, -0.15) is 10.1 Å². The lowest BCUT2D eigenvalue weighted by atomic mass is 10.1. The highest BCUT2D eigenvalue weighted by Crippen LogP contribution is 2.33. The molecule has 0 aliphatic carbocycles. The lowest BCUT2D eigenvalue weighted by Crippen LogP contribution is -2.37. The number of hydrogen-bond donors (Lipinski definition) is 3. The fourth-order valence-electron chi connectivity index (χ4n) is 4.32. The predicted octanol–water partition coefficient (Wildman–Crippen LogP) is 5.09. The first-order valence-corrected chi connectivity index (χ1v) is 12.2. The number of H-pyrrole nitrogens is 1. The van der Waals surface area contributed by atoms with E-state index in [-0.39, 0.29) is 11.4 Å². The molecule has 190 valence electrons. The van der Waals surface area contributed by atoms with Crippen LogP contribution >= 0.6 is 0 Å². The molecule has 0 amide bonds. The van der Waals surface area contributed by atoms with Crippen LogP contribution in [0.5, 0.6) is 11.5 Å². The van der Waals surface area contributed by atoms with Crippen LogP contribution in [0.4, 0.5) is 17.5 Å². The molecule has 5 aromatic rings. The number of anilines is 3. The molecule has 0 radical (unpaired) electrons. The monoisotopic (exact) mass is 508 g/mol. The third-order valence-corrected chi connectivity index (χ3v) is 6.21. The molecule has 1 fully saturated rings. The highest BCUT2D eigenvalue weighted by Gasteiger charge is 2.25. The van der Waals surface area contributed by atoms with Crippen LogP contribution in [-0.2, 0) is 4.74 Å². The summed E-state index contributed by atoms with van der Waals surface area (Å²) < 4.78 is 11.4. The number of ether oxygens (including phenoxy) is 2. The fourth-order valence-corrected chi connectivity index (χ4v) is 4.32. The van der Waals surface area contributed by atoms with Crippen LogP contribution in [0.2, 0.25) is 0 Å². The average molecular weight is 509 g/mol. The van der Waals surface area contributed by atoms with Crippen molar-refractivity contribution in [2.45, 2.75) is 0 Å². The van der Waals surface area contributed by atoms with Crippen LogP contribution < -0.4 is 15.0 Å². The molecule has 6 rings (SSSR count). The Hall–Kier alpha value is -4.96. The van der Waals surface area contributed by atoms with E-state index in [1.165, 1.54) is 0 Å². The maximum absolute atomic E-state index is 12.6. The van der Waals surface area contributed by atoms with Gasteiger partial charge in [-0.25, -0.2) is 9.78 Å². The normalized spacial score (nSPS) is 13.4. The molecular weight excluding hydrogens is 484 g/mol. The number of rotatable bonds is 7. The van der Waals surface area contributed by atoms with E-state index in [0.29, 0.717) is 60.7 Å². The van der Waals surface area contributed by atoms with Crippen molar-refractivity contribution in [2.75, 3.05) is 36.5 Å². The van der Waals surface area contributed by atoms with E-state index < -0.39 is 5.97 Å². The molecule has 10 nitrogen and oxygen atoms in total. The summed E-state index contributed by atoms with van der Waals surface area (Å²) in [5.41, 5.74) is 2.49. The minimum absolute atomic E-state index is 0.0222. The van der Waals surface area contributed by atoms with E-state index in [1.807, 2.05) is 53.4 Å². The quantitative estimate of drug-likeness (QED) is 0.276. The smallest absolute Gasteiger partial charge is 0.341 e. The lowest BCUT2D eigenvalue weighted by molar-refractivity contribution is 0.0698. The van der Waals surface area contributed by atoms with E-state index >= 15 is 0 Å². The van der Waals surface area contributed by atoms with Crippen LogP contribution in [0.15, 0.2) is 79.0 Å². The van der Waals surface area contributed by atoms with Gasteiger partial charge < -0.3 is 24.8 Å². The van der Waals surface area contributed by atoms with Gasteiger partial charge in [-0.15, -0.1) is 0 Å². The van der Waals surface area contributed by atoms with Crippen molar-refractivity contribution >= 4 is 34.3 Å². The van der Waals surface area contributed by atoms with Crippen molar-refractivity contribution in [3.63, 3.8) is 0 Å². The number of morpholine rings is 1. The molecular formula is C28H24N6O4. The van der Waals surface area contributed by atoms with Crippen molar-refractivity contribution in [3.05, 3.63) is 84.6 Å². The number of carbonyl (C=O) groups is 1. The molecule has 1 aliphatic heterocycles. The lowest BCUT2D eigenvalue weighted by Gasteiger charge is -2.28. The van der Waals surface area contributed by atoms with Crippen LogP contribution in [-0.4, -0.2) is 57.5 Å². The van der Waals surface area contributed by atoms with Crippen molar-refractivity contribution in [3.8, 4) is 22.8 Å². The molecule has 1 saturated heterocycles. The summed E-state index contributed by atoms with van der Waals surface area (Å²) in [6.07, 6.45) is 1.71. The Morgan fingerprint density at radius 1 is 0.974 bits per heavy atom. The van der Waals surface area contributed by atoms with Crippen molar-refractivity contribution in [2.24, 2.45) is 0 Å². The number of nitrogens with one attached hydrogen (secondary N) is 2. The molecule has 38 heavy (non-hydrogen) atoms. The summed E-state index contributed by atoms with van der Waals surface area (Å²) >= 11 is 0. The summed E-state index contributed by atoms with van der Waals surface area (Å²) in [5, 5.41) is 21.4. The van der Waals surface area contributed by atoms with Gasteiger partial charge >= 0.3 is 5.97 Å². The zero-order valence-corrected chi connectivity index (χ0v) is 20.3. The minimum atomic E-state index is -1.13. The van der Waals surface area contributed by atoms with E-state index in [9.17, 15) is 9.90 Å². The predicted molar refractivity (Wildman–Crippen MR) is 143 cm³/mol. The van der Waals surface area contributed by atoms with E-state index in [2.05, 4.69) is 20.5 Å². The summed E-state index contributed by atoms with van der Waals surface area (Å²) in [6.45, 7) is 2.31. The SMILES string of the molecule is O=C(O)c1c(Nc2ccc3[nH]ncc3c2)nc(N2CCOCC2)nc1-c1ccc(Oc2ccccc2)cc1. The number of benzene rings is 3. The molecule has 3 aromatic carbocycles. The van der Waals surface area contributed by atoms with Gasteiger partial charge in [0.15, 0.2) is 5.82 Å². The van der Waals surface area contributed by atoms with Gasteiger partial charge in [0.2, 0.25) is 5.95 Å². The highest BCUT2D eigenvalue weighted by molar-refractivity contribution is 6.01. The first-order chi connectivity index (χ1) is 18.6. The van der Waals surface area contributed by atoms with E-state index in [1.54, 1.807) is 30.5 Å². The second-order valence-corrected chi connectivity index (χ2v) is 8.74. The molecule has 0 spiro atoms. The number of aromatic carboxylic acids is 1. The summed E-state index contributed by atoms with van der Waals surface area (Å²) in [7, 11) is 0. The van der Waals surface area contributed by atoms with Gasteiger partial charge in [-0.05, 0) is 54.6 Å². The second kappa shape index (κ2) is 10.2. The number of carboxylic acids is 1. The maximum Gasteiger partial charge on any atom is 0.341 e. The standard InChI is InChI=1S/C28H24N6O4/c35-27(36)24-25(18-6-9-22(10-7-18)38-21-4-2-1-3-5-21)31-28(34-12-14-37-15-13-34)32-26(24)30-20-8-11-23-19(16-20)17-29-33-23/h1-11,16-17H,12-15H2,(H,29,33)(H,35,36)(H,30,31,32). The number of nitrogens with zero attached hydrogens (tertiary/aromatic N) is 4.